The first kappa shape index (κ1) is 24.7. The van der Waals surface area contributed by atoms with Crippen molar-refractivity contribution in [2.24, 2.45) is 5.92 Å². The summed E-state index contributed by atoms with van der Waals surface area (Å²) in [6.07, 6.45) is -0.695. The van der Waals surface area contributed by atoms with E-state index in [0.29, 0.717) is 13.0 Å². The number of carboxylic acid groups (broad SMARTS) is 1. The van der Waals surface area contributed by atoms with Crippen molar-refractivity contribution in [1.82, 2.24) is 10.6 Å². The van der Waals surface area contributed by atoms with Gasteiger partial charge >= 0.3 is 12.1 Å². The van der Waals surface area contributed by atoms with Gasteiger partial charge in [-0.15, -0.1) is 0 Å². The Kier molecular flexibility index (Phi) is 7.99. The Balaban J connectivity index is 1.29. The maximum absolute atomic E-state index is 12.6. The van der Waals surface area contributed by atoms with Crippen LogP contribution >= 0.6 is 0 Å². The molecule has 2 amide bonds. The van der Waals surface area contributed by atoms with Crippen LogP contribution in [0.2, 0.25) is 0 Å². The van der Waals surface area contributed by atoms with E-state index in [9.17, 15) is 19.5 Å². The summed E-state index contributed by atoms with van der Waals surface area (Å²) in [4.78, 5) is 36.5. The van der Waals surface area contributed by atoms with Crippen molar-refractivity contribution in [1.29, 1.82) is 0 Å². The largest absolute Gasteiger partial charge is 0.480 e. The minimum Gasteiger partial charge on any atom is -0.480 e. The zero-order valence-electron chi connectivity index (χ0n) is 19.6. The number of carbonyl (C=O) groups is 3. The molecule has 0 saturated carbocycles. The van der Waals surface area contributed by atoms with E-state index in [1.807, 2.05) is 24.3 Å². The van der Waals surface area contributed by atoms with Gasteiger partial charge in [-0.1, -0.05) is 48.5 Å². The summed E-state index contributed by atoms with van der Waals surface area (Å²) in [7, 11) is 1.46. The highest BCUT2D eigenvalue weighted by Crippen LogP contribution is 2.44. The minimum atomic E-state index is -1.14. The average molecular weight is 483 g/mol. The molecule has 0 spiro atoms. The number of benzene rings is 2. The molecule has 1 heterocycles. The van der Waals surface area contributed by atoms with E-state index in [1.54, 1.807) is 0 Å². The monoisotopic (exact) mass is 482 g/mol. The smallest absolute Gasteiger partial charge is 0.407 e. The second-order valence-electron chi connectivity index (χ2n) is 8.73. The minimum absolute atomic E-state index is 0.0402. The molecule has 0 radical (unpaired) electrons. The lowest BCUT2D eigenvalue weighted by atomic mass is 9.98. The van der Waals surface area contributed by atoms with E-state index < -0.39 is 30.1 Å². The Labute approximate surface area is 203 Å². The standard InChI is InChI=1S/C26H30N2O7/c1-33-12-11-22(25(30)31)28-24(29)23-16(10-13-34-23)14-27-26(32)35-15-21-19-8-4-2-6-17(19)18-7-3-5-9-20(18)21/h2-9,16,21-23H,10-15H2,1H3,(H,27,32)(H,28,29)(H,30,31)/t16-,22?,23-/m1/s1. The van der Waals surface area contributed by atoms with Crippen LogP contribution in [-0.2, 0) is 23.8 Å². The highest BCUT2D eigenvalue weighted by molar-refractivity contribution is 5.86. The molecule has 1 aliphatic heterocycles. The first-order chi connectivity index (χ1) is 17.0. The van der Waals surface area contributed by atoms with Crippen molar-refractivity contribution >= 4 is 18.0 Å². The number of alkyl carbamates (subject to hydrolysis) is 1. The number of hydrogen-bond donors (Lipinski definition) is 3. The Bertz CT molecular complexity index is 1030. The first-order valence-corrected chi connectivity index (χ1v) is 11.7. The number of nitrogens with one attached hydrogen (secondary N) is 2. The Hall–Kier alpha value is -3.43. The number of fused-ring (bicyclic) bond motifs is 3. The van der Waals surface area contributed by atoms with Gasteiger partial charge in [0.1, 0.15) is 18.8 Å². The molecule has 9 heteroatoms. The zero-order chi connectivity index (χ0) is 24.8. The number of rotatable bonds is 10. The van der Waals surface area contributed by atoms with Crippen molar-refractivity contribution in [2.75, 3.05) is 33.5 Å². The molecule has 1 aliphatic carbocycles. The molecule has 186 valence electrons. The summed E-state index contributed by atoms with van der Waals surface area (Å²) in [5.74, 6) is -1.97. The number of aliphatic carboxylic acids is 1. The molecule has 4 rings (SSSR count). The van der Waals surface area contributed by atoms with E-state index in [1.165, 1.54) is 7.11 Å². The summed E-state index contributed by atoms with van der Waals surface area (Å²) in [6, 6.07) is 15.1. The van der Waals surface area contributed by atoms with Crippen molar-refractivity contribution in [3.8, 4) is 11.1 Å². The van der Waals surface area contributed by atoms with Gasteiger partial charge in [-0.3, -0.25) is 4.79 Å². The van der Waals surface area contributed by atoms with Crippen molar-refractivity contribution < 1.29 is 33.7 Å². The van der Waals surface area contributed by atoms with E-state index >= 15 is 0 Å². The fourth-order valence-corrected chi connectivity index (χ4v) is 4.74. The van der Waals surface area contributed by atoms with Crippen molar-refractivity contribution in [2.45, 2.75) is 30.9 Å². The van der Waals surface area contributed by atoms with Crippen LogP contribution < -0.4 is 10.6 Å². The van der Waals surface area contributed by atoms with Gasteiger partial charge in [0.2, 0.25) is 5.91 Å². The maximum atomic E-state index is 12.6. The molecular formula is C26H30N2O7. The third kappa shape index (κ3) is 5.63. The lowest BCUT2D eigenvalue weighted by Crippen LogP contribution is -2.48. The summed E-state index contributed by atoms with van der Waals surface area (Å²) >= 11 is 0. The van der Waals surface area contributed by atoms with Crippen LogP contribution in [0, 0.1) is 5.92 Å². The predicted molar refractivity (Wildman–Crippen MR) is 127 cm³/mol. The molecule has 1 fully saturated rings. The fourth-order valence-electron chi connectivity index (χ4n) is 4.74. The number of carbonyl (C=O) groups excluding carboxylic acids is 2. The fraction of sp³-hybridized carbons (Fsp3) is 0.423. The molecule has 35 heavy (non-hydrogen) atoms. The van der Waals surface area contributed by atoms with E-state index in [-0.39, 0.29) is 38.0 Å². The molecule has 3 atom stereocenters. The van der Waals surface area contributed by atoms with Crippen LogP contribution in [0.4, 0.5) is 4.79 Å². The van der Waals surface area contributed by atoms with E-state index in [4.69, 9.17) is 14.2 Å². The normalized spacial score (nSPS) is 19.5. The molecule has 0 bridgehead atoms. The zero-order valence-corrected chi connectivity index (χ0v) is 19.6. The lowest BCUT2D eigenvalue weighted by Gasteiger charge is -2.21. The maximum Gasteiger partial charge on any atom is 0.407 e. The number of amides is 2. The number of ether oxygens (including phenoxy) is 3. The van der Waals surface area contributed by atoms with Gasteiger partial charge in [-0.05, 0) is 28.7 Å². The number of methoxy groups -OCH3 is 1. The molecule has 2 aromatic rings. The van der Waals surface area contributed by atoms with Gasteiger partial charge in [0, 0.05) is 45.1 Å². The van der Waals surface area contributed by atoms with Crippen LogP contribution in [-0.4, -0.2) is 68.7 Å². The van der Waals surface area contributed by atoms with Gasteiger partial charge in [0.25, 0.3) is 0 Å². The highest BCUT2D eigenvalue weighted by Gasteiger charge is 2.36. The summed E-state index contributed by atoms with van der Waals surface area (Å²) in [5, 5.41) is 14.6. The summed E-state index contributed by atoms with van der Waals surface area (Å²) < 4.78 is 16.0. The molecule has 1 unspecified atom stereocenters. The van der Waals surface area contributed by atoms with Gasteiger partial charge in [-0.25, -0.2) is 9.59 Å². The van der Waals surface area contributed by atoms with Crippen LogP contribution in [0.25, 0.3) is 11.1 Å². The molecule has 9 nitrogen and oxygen atoms in total. The van der Waals surface area contributed by atoms with Gasteiger partial charge in [0.05, 0.1) is 0 Å². The molecule has 0 aromatic heterocycles. The third-order valence-corrected chi connectivity index (χ3v) is 6.55. The predicted octanol–water partition coefficient (Wildman–Crippen LogP) is 2.54. The first-order valence-electron chi connectivity index (χ1n) is 11.7. The van der Waals surface area contributed by atoms with Crippen LogP contribution in [0.5, 0.6) is 0 Å². The Morgan fingerprint density at radius 1 is 1.09 bits per heavy atom. The molecule has 2 aliphatic rings. The quantitative estimate of drug-likeness (QED) is 0.476. The average Bonchev–Trinajstić information content (AvgIpc) is 3.46. The van der Waals surface area contributed by atoms with Crippen LogP contribution in [0.1, 0.15) is 29.9 Å². The second-order valence-corrected chi connectivity index (χ2v) is 8.73. The number of carboxylic acids is 1. The topological polar surface area (TPSA) is 123 Å². The number of hydrogen-bond acceptors (Lipinski definition) is 6. The van der Waals surface area contributed by atoms with Gasteiger partial charge in [-0.2, -0.15) is 0 Å². The second kappa shape index (κ2) is 11.3. The Morgan fingerprint density at radius 2 is 1.74 bits per heavy atom. The third-order valence-electron chi connectivity index (χ3n) is 6.55. The van der Waals surface area contributed by atoms with Crippen molar-refractivity contribution in [3.05, 3.63) is 59.7 Å². The molecular weight excluding hydrogens is 452 g/mol. The van der Waals surface area contributed by atoms with Gasteiger partial charge < -0.3 is 30.0 Å². The summed E-state index contributed by atoms with van der Waals surface area (Å²) in [5.41, 5.74) is 4.56. The lowest BCUT2D eigenvalue weighted by molar-refractivity contribution is -0.144. The van der Waals surface area contributed by atoms with E-state index in [0.717, 1.165) is 22.3 Å². The molecule has 3 N–H and O–H groups in total. The molecule has 1 saturated heterocycles. The Morgan fingerprint density at radius 3 is 2.37 bits per heavy atom. The summed E-state index contributed by atoms with van der Waals surface area (Å²) in [6.45, 7) is 0.940. The van der Waals surface area contributed by atoms with Crippen LogP contribution in [0.15, 0.2) is 48.5 Å². The van der Waals surface area contributed by atoms with Crippen LogP contribution in [0.3, 0.4) is 0 Å². The van der Waals surface area contributed by atoms with E-state index in [2.05, 4.69) is 34.9 Å². The molecule has 2 aromatic carbocycles. The van der Waals surface area contributed by atoms with Gasteiger partial charge in [0.15, 0.2) is 0 Å². The van der Waals surface area contributed by atoms with Crippen molar-refractivity contribution in [3.63, 3.8) is 0 Å². The SMILES string of the molecule is COCCC(NC(=O)[C@@H]1OCC[C@@H]1CNC(=O)OCC1c2ccccc2-c2ccccc21)C(=O)O. The highest BCUT2D eigenvalue weighted by atomic mass is 16.5.